The number of hydrogen-bond donors (Lipinski definition) is 3. The van der Waals surface area contributed by atoms with Crippen LogP contribution >= 0.6 is 11.8 Å². The van der Waals surface area contributed by atoms with Gasteiger partial charge in [0.25, 0.3) is 11.8 Å². The maximum absolute atomic E-state index is 11.9. The lowest BCUT2D eigenvalue weighted by atomic mass is 10.0. The van der Waals surface area contributed by atoms with Crippen LogP contribution in [0, 0.1) is 0 Å². The summed E-state index contributed by atoms with van der Waals surface area (Å²) in [7, 11) is 0. The first-order valence-corrected chi connectivity index (χ1v) is 12.0. The minimum Gasteiger partial charge on any atom is -0.356 e. The van der Waals surface area contributed by atoms with Gasteiger partial charge in [0.05, 0.1) is 12.1 Å². The molecule has 3 saturated heterocycles. The highest BCUT2D eigenvalue weighted by atomic mass is 32.2. The molecule has 3 N–H and O–H groups in total. The van der Waals surface area contributed by atoms with E-state index in [2.05, 4.69) is 16.0 Å². The van der Waals surface area contributed by atoms with E-state index in [4.69, 9.17) is 4.84 Å². The first kappa shape index (κ1) is 23.4. The van der Waals surface area contributed by atoms with Crippen molar-refractivity contribution in [1.29, 1.82) is 0 Å². The molecule has 0 aromatic rings. The van der Waals surface area contributed by atoms with Crippen molar-refractivity contribution >= 4 is 41.5 Å². The van der Waals surface area contributed by atoms with Gasteiger partial charge in [0.1, 0.15) is 0 Å². The fraction of sp³-hybridized carbons (Fsp3) is 0.750. The number of hydroxylamine groups is 2. The van der Waals surface area contributed by atoms with Crippen LogP contribution in [0.2, 0.25) is 0 Å². The monoisotopic (exact) mass is 454 g/mol. The number of amides is 5. The lowest BCUT2D eigenvalue weighted by molar-refractivity contribution is -0.197. The summed E-state index contributed by atoms with van der Waals surface area (Å²) in [5.41, 5.74) is 0. The summed E-state index contributed by atoms with van der Waals surface area (Å²) in [5.74, 6) is -0.574. The molecule has 0 radical (unpaired) electrons. The smallest absolute Gasteiger partial charge is 0.333 e. The quantitative estimate of drug-likeness (QED) is 0.227. The number of fused-ring (bicyclic) bond motifs is 1. The fourth-order valence-corrected chi connectivity index (χ4v) is 5.51. The van der Waals surface area contributed by atoms with Crippen molar-refractivity contribution in [2.45, 2.75) is 81.5 Å². The van der Waals surface area contributed by atoms with Crippen molar-refractivity contribution in [3.8, 4) is 0 Å². The Morgan fingerprint density at radius 2 is 1.74 bits per heavy atom. The summed E-state index contributed by atoms with van der Waals surface area (Å²) < 4.78 is 0. The number of carbonyl (C=O) groups excluding carboxylic acids is 5. The second kappa shape index (κ2) is 11.4. The van der Waals surface area contributed by atoms with Gasteiger partial charge in [0.2, 0.25) is 5.91 Å². The van der Waals surface area contributed by atoms with Gasteiger partial charge in [-0.25, -0.2) is 9.59 Å². The number of unbranched alkanes of at least 4 members (excludes halogenated alkanes) is 3. The van der Waals surface area contributed by atoms with Gasteiger partial charge in [-0.1, -0.05) is 12.8 Å². The molecule has 3 atom stereocenters. The maximum Gasteiger partial charge on any atom is 0.333 e. The Bertz CT molecular complexity index is 702. The number of nitrogens with zero attached hydrogens (tertiary/aromatic N) is 1. The molecule has 31 heavy (non-hydrogen) atoms. The van der Waals surface area contributed by atoms with E-state index in [1.54, 1.807) is 0 Å². The highest BCUT2D eigenvalue weighted by Crippen LogP contribution is 2.33. The van der Waals surface area contributed by atoms with Crippen LogP contribution in [0.25, 0.3) is 0 Å². The summed E-state index contributed by atoms with van der Waals surface area (Å²) in [6.07, 6.45) is 5.60. The first-order chi connectivity index (χ1) is 14.9. The van der Waals surface area contributed by atoms with Crippen LogP contribution in [0.5, 0.6) is 0 Å². The molecule has 0 saturated carbocycles. The average molecular weight is 455 g/mol. The third kappa shape index (κ3) is 6.84. The van der Waals surface area contributed by atoms with Gasteiger partial charge in [-0.15, -0.1) is 5.06 Å². The van der Waals surface area contributed by atoms with Crippen LogP contribution in [0.15, 0.2) is 0 Å². The highest BCUT2D eigenvalue weighted by Gasteiger charge is 2.42. The second-order valence-electron chi connectivity index (χ2n) is 8.07. The van der Waals surface area contributed by atoms with E-state index in [1.807, 2.05) is 11.8 Å². The predicted molar refractivity (Wildman–Crippen MR) is 113 cm³/mol. The predicted octanol–water partition coefficient (Wildman–Crippen LogP) is 0.996. The number of carbonyl (C=O) groups is 5. The van der Waals surface area contributed by atoms with E-state index in [-0.39, 0.29) is 43.3 Å². The van der Waals surface area contributed by atoms with Gasteiger partial charge >= 0.3 is 12.0 Å². The summed E-state index contributed by atoms with van der Waals surface area (Å²) >= 11 is 1.88. The zero-order valence-electron chi connectivity index (χ0n) is 17.5. The van der Waals surface area contributed by atoms with E-state index in [9.17, 15) is 24.0 Å². The first-order valence-electron chi connectivity index (χ1n) is 11.0. The summed E-state index contributed by atoms with van der Waals surface area (Å²) in [6.45, 7) is 0.552. The highest BCUT2D eigenvalue weighted by molar-refractivity contribution is 8.00. The summed E-state index contributed by atoms with van der Waals surface area (Å²) in [4.78, 5) is 62.6. The molecule has 0 aliphatic carbocycles. The normalized spacial score (nSPS) is 24.7. The molecule has 10 nitrogen and oxygen atoms in total. The van der Waals surface area contributed by atoms with Crippen molar-refractivity contribution in [3.63, 3.8) is 0 Å². The van der Waals surface area contributed by atoms with Crippen LogP contribution < -0.4 is 16.0 Å². The molecule has 0 aromatic carbocycles. The number of hydrogen-bond acceptors (Lipinski definition) is 7. The van der Waals surface area contributed by atoms with Gasteiger partial charge in [0, 0.05) is 43.2 Å². The molecule has 0 bridgehead atoms. The lowest BCUT2D eigenvalue weighted by Crippen LogP contribution is -2.36. The van der Waals surface area contributed by atoms with Crippen molar-refractivity contribution in [1.82, 2.24) is 21.0 Å². The van der Waals surface area contributed by atoms with Gasteiger partial charge in [0.15, 0.2) is 0 Å². The number of nitrogens with one attached hydrogen (secondary N) is 3. The molecule has 3 aliphatic rings. The Hall–Kier alpha value is -2.30. The van der Waals surface area contributed by atoms with Crippen molar-refractivity contribution in [3.05, 3.63) is 0 Å². The topological polar surface area (TPSA) is 134 Å². The Balaban J connectivity index is 1.15. The lowest BCUT2D eigenvalue weighted by Gasteiger charge is -2.16. The third-order valence-corrected chi connectivity index (χ3v) is 7.17. The Labute approximate surface area is 185 Å². The molecule has 3 rings (SSSR count). The third-order valence-electron chi connectivity index (χ3n) is 5.66. The van der Waals surface area contributed by atoms with E-state index in [0.717, 1.165) is 37.9 Å². The zero-order chi connectivity index (χ0) is 22.2. The van der Waals surface area contributed by atoms with Gasteiger partial charge < -0.3 is 20.8 Å². The standard InChI is InChI=1S/C20H30N4O6S/c25-15(7-4-3-6-14-19-13(12-31-14)22-20(29)23-19)21-11-5-1-2-8-18(28)30-24-16(26)9-10-17(24)27/h13-14,19H,1-12H2,(H,21,25)(H2,22,23,29)/t13-,14-,19-/m1/s1. The molecule has 0 unspecified atom stereocenters. The van der Waals surface area contributed by atoms with Crippen molar-refractivity contribution in [2.24, 2.45) is 0 Å². The Kier molecular flexibility index (Phi) is 8.56. The molecule has 0 spiro atoms. The molecule has 3 heterocycles. The molecule has 0 aromatic heterocycles. The van der Waals surface area contributed by atoms with Crippen LogP contribution in [-0.4, -0.2) is 64.4 Å². The molecule has 3 aliphatic heterocycles. The van der Waals surface area contributed by atoms with Gasteiger partial charge in [-0.3, -0.25) is 14.4 Å². The van der Waals surface area contributed by atoms with Crippen LogP contribution in [0.4, 0.5) is 4.79 Å². The summed E-state index contributed by atoms with van der Waals surface area (Å²) in [5, 5.41) is 9.77. The fourth-order valence-electron chi connectivity index (χ4n) is 3.97. The Morgan fingerprint density at radius 1 is 1.00 bits per heavy atom. The van der Waals surface area contributed by atoms with Gasteiger partial charge in [-0.2, -0.15) is 11.8 Å². The molecule has 172 valence electrons. The minimum atomic E-state index is -0.590. The van der Waals surface area contributed by atoms with Crippen molar-refractivity contribution in [2.75, 3.05) is 12.3 Å². The van der Waals surface area contributed by atoms with Crippen LogP contribution in [0.1, 0.15) is 64.2 Å². The SMILES string of the molecule is O=C(CCCC[C@H]1SC[C@H]2NC(=O)N[C@H]21)NCCCCCC(=O)ON1C(=O)CCC1=O. The number of rotatable bonds is 12. The molecule has 3 fully saturated rings. The maximum atomic E-state index is 11.9. The molecule has 5 amide bonds. The van der Waals surface area contributed by atoms with Crippen LogP contribution in [-0.2, 0) is 24.0 Å². The molecular formula is C20H30N4O6S. The zero-order valence-corrected chi connectivity index (χ0v) is 18.3. The number of thioether (sulfide) groups is 1. The van der Waals surface area contributed by atoms with E-state index >= 15 is 0 Å². The molecular weight excluding hydrogens is 424 g/mol. The van der Waals surface area contributed by atoms with Gasteiger partial charge in [-0.05, 0) is 25.7 Å². The van der Waals surface area contributed by atoms with E-state index < -0.39 is 17.8 Å². The van der Waals surface area contributed by atoms with E-state index in [0.29, 0.717) is 29.7 Å². The number of urea groups is 1. The molecule has 11 heteroatoms. The van der Waals surface area contributed by atoms with Crippen LogP contribution in [0.3, 0.4) is 0 Å². The summed E-state index contributed by atoms with van der Waals surface area (Å²) in [6, 6.07) is 0.367. The minimum absolute atomic E-state index is 0.0262. The van der Waals surface area contributed by atoms with E-state index in [1.165, 1.54) is 0 Å². The number of imide groups is 1. The Morgan fingerprint density at radius 3 is 2.52 bits per heavy atom. The largest absolute Gasteiger partial charge is 0.356 e. The second-order valence-corrected chi connectivity index (χ2v) is 9.35. The average Bonchev–Trinajstić information content (AvgIpc) is 3.38. The van der Waals surface area contributed by atoms with Crippen molar-refractivity contribution < 1.29 is 28.8 Å².